The van der Waals surface area contributed by atoms with Gasteiger partial charge in [-0.05, 0) is 12.1 Å². The minimum atomic E-state index is -4.32. The van der Waals surface area contributed by atoms with Crippen molar-refractivity contribution in [2.24, 2.45) is 0 Å². The van der Waals surface area contributed by atoms with Gasteiger partial charge in [0, 0.05) is 4.47 Å². The Morgan fingerprint density at radius 2 is 1.80 bits per heavy atom. The fourth-order valence-electron chi connectivity index (χ4n) is 1.22. The first kappa shape index (κ1) is 10.7. The maximum atomic E-state index is 13.1. The normalized spacial score (nSPS) is 21.7. The number of ether oxygens (including phenoxy) is 2. The predicted octanol–water partition coefficient (Wildman–Crippen LogP) is 3.46. The van der Waals surface area contributed by atoms with Gasteiger partial charge in [0.1, 0.15) is 11.3 Å². The van der Waals surface area contributed by atoms with Crippen molar-refractivity contribution in [2.75, 3.05) is 0 Å². The summed E-state index contributed by atoms with van der Waals surface area (Å²) in [4.78, 5) is 0. The van der Waals surface area contributed by atoms with Crippen molar-refractivity contribution in [3.63, 3.8) is 0 Å². The number of alkyl halides is 4. The molecule has 0 bridgehead atoms. The van der Waals surface area contributed by atoms with Crippen molar-refractivity contribution >= 4 is 15.9 Å². The lowest BCUT2D eigenvalue weighted by Crippen LogP contribution is -2.41. The Kier molecular flexibility index (Phi) is 2.20. The highest BCUT2D eigenvalue weighted by Crippen LogP contribution is 2.48. The first-order chi connectivity index (χ1) is 6.82. The highest BCUT2D eigenvalue weighted by atomic mass is 79.9. The monoisotopic (exact) mass is 286 g/mol. The summed E-state index contributed by atoms with van der Waals surface area (Å²) < 4.78 is 58.6. The molecular formula is C8H3BrF4O2. The quantitative estimate of drug-likeness (QED) is 0.680. The van der Waals surface area contributed by atoms with Gasteiger partial charge in [0.2, 0.25) is 0 Å². The zero-order chi connectivity index (χ0) is 11.3. The van der Waals surface area contributed by atoms with Crippen LogP contribution in [0.3, 0.4) is 0 Å². The Labute approximate surface area is 89.9 Å². The lowest BCUT2D eigenvalue weighted by atomic mass is 10.2. The van der Waals surface area contributed by atoms with E-state index in [1.54, 1.807) is 0 Å². The fourth-order valence-corrected chi connectivity index (χ4v) is 1.80. The average molecular weight is 287 g/mol. The molecule has 1 aliphatic rings. The van der Waals surface area contributed by atoms with E-state index in [4.69, 9.17) is 0 Å². The number of halogens is 5. The van der Waals surface area contributed by atoms with Crippen molar-refractivity contribution in [1.82, 2.24) is 0 Å². The Morgan fingerprint density at radius 1 is 1.13 bits per heavy atom. The summed E-state index contributed by atoms with van der Waals surface area (Å²) in [6.07, 6.45) is -8.41. The van der Waals surface area contributed by atoms with Crippen LogP contribution < -0.4 is 4.74 Å². The third-order valence-electron chi connectivity index (χ3n) is 1.74. The topological polar surface area (TPSA) is 18.5 Å². The second kappa shape index (κ2) is 3.08. The second-order valence-corrected chi connectivity index (χ2v) is 3.65. The molecule has 1 heterocycles. The number of hydrogen-bond acceptors (Lipinski definition) is 2. The zero-order valence-electron chi connectivity index (χ0n) is 6.94. The summed E-state index contributed by atoms with van der Waals surface area (Å²) in [6, 6.07) is 3.60. The lowest BCUT2D eigenvalue weighted by Gasteiger charge is -2.30. The molecule has 0 N–H and O–H groups in total. The van der Waals surface area contributed by atoms with Crippen LogP contribution in [-0.4, -0.2) is 6.29 Å². The van der Waals surface area contributed by atoms with Gasteiger partial charge in [-0.3, -0.25) is 0 Å². The van der Waals surface area contributed by atoms with Gasteiger partial charge in [0.25, 0.3) is 0 Å². The molecule has 0 saturated heterocycles. The van der Waals surface area contributed by atoms with E-state index >= 15 is 0 Å². The van der Waals surface area contributed by atoms with E-state index < -0.39 is 23.7 Å². The van der Waals surface area contributed by atoms with Crippen molar-refractivity contribution in [3.05, 3.63) is 28.2 Å². The van der Waals surface area contributed by atoms with E-state index in [9.17, 15) is 17.6 Å². The predicted molar refractivity (Wildman–Crippen MR) is 44.7 cm³/mol. The molecular weight excluding hydrogens is 284 g/mol. The minimum Gasteiger partial charge on any atom is -0.409 e. The Morgan fingerprint density at radius 3 is 2.47 bits per heavy atom. The fraction of sp³-hybridized carbons (Fsp3) is 0.250. The molecule has 15 heavy (non-hydrogen) atoms. The molecule has 1 aliphatic heterocycles. The van der Waals surface area contributed by atoms with Crippen LogP contribution in [0.1, 0.15) is 5.56 Å². The van der Waals surface area contributed by atoms with Crippen LogP contribution in [0.25, 0.3) is 0 Å². The van der Waals surface area contributed by atoms with Crippen LogP contribution in [0.4, 0.5) is 17.6 Å². The molecule has 7 heteroatoms. The molecule has 0 fully saturated rings. The summed E-state index contributed by atoms with van der Waals surface area (Å²) in [6.45, 7) is 0. The molecule has 0 unspecified atom stereocenters. The summed E-state index contributed by atoms with van der Waals surface area (Å²) in [7, 11) is 0. The van der Waals surface area contributed by atoms with Crippen LogP contribution in [0.5, 0.6) is 5.75 Å². The van der Waals surface area contributed by atoms with E-state index in [-0.39, 0.29) is 4.47 Å². The van der Waals surface area contributed by atoms with Gasteiger partial charge in [-0.25, -0.2) is 4.74 Å². The minimum absolute atomic E-state index is 0.0551. The van der Waals surface area contributed by atoms with Gasteiger partial charge < -0.3 is 4.74 Å². The highest BCUT2D eigenvalue weighted by molar-refractivity contribution is 9.10. The van der Waals surface area contributed by atoms with Crippen molar-refractivity contribution in [1.29, 1.82) is 0 Å². The summed E-state index contributed by atoms with van der Waals surface area (Å²) in [5, 5.41) is 0. The molecule has 0 aliphatic carbocycles. The largest absolute Gasteiger partial charge is 0.540 e. The van der Waals surface area contributed by atoms with Crippen molar-refractivity contribution in [3.8, 4) is 5.75 Å². The molecule has 0 radical (unpaired) electrons. The van der Waals surface area contributed by atoms with Crippen LogP contribution in [0, 0.1) is 0 Å². The first-order valence-corrected chi connectivity index (χ1v) is 4.55. The summed E-state index contributed by atoms with van der Waals surface area (Å²) in [5.41, 5.74) is -0.740. The van der Waals surface area contributed by atoms with Crippen molar-refractivity contribution < 1.29 is 27.0 Å². The maximum Gasteiger partial charge on any atom is 0.540 e. The number of benzene rings is 1. The summed E-state index contributed by atoms with van der Waals surface area (Å²) >= 11 is 2.81. The first-order valence-electron chi connectivity index (χ1n) is 3.76. The van der Waals surface area contributed by atoms with E-state index in [1.807, 2.05) is 0 Å². The van der Waals surface area contributed by atoms with Crippen LogP contribution in [0.15, 0.2) is 22.7 Å². The zero-order valence-corrected chi connectivity index (χ0v) is 8.52. The SMILES string of the molecule is FC1(F)Oc2cccc(Br)c2C(F)(F)O1. The Hall–Kier alpha value is -0.820. The van der Waals surface area contributed by atoms with Gasteiger partial charge in [-0.2, -0.15) is 8.78 Å². The van der Waals surface area contributed by atoms with E-state index in [1.165, 1.54) is 12.1 Å². The number of rotatable bonds is 0. The molecule has 0 spiro atoms. The molecule has 0 saturated carbocycles. The van der Waals surface area contributed by atoms with Crippen LogP contribution in [-0.2, 0) is 10.8 Å². The lowest BCUT2D eigenvalue weighted by molar-refractivity contribution is -0.461. The molecule has 82 valence electrons. The smallest absolute Gasteiger partial charge is 0.409 e. The molecule has 2 nitrogen and oxygen atoms in total. The standard InChI is InChI=1S/C8H3BrF4O2/c9-4-2-1-3-5-6(4)7(10,11)15-8(12,13)14-5/h1-3H. The van der Waals surface area contributed by atoms with Gasteiger partial charge in [-0.1, -0.05) is 22.0 Å². The van der Waals surface area contributed by atoms with Gasteiger partial charge >= 0.3 is 12.4 Å². The summed E-state index contributed by atoms with van der Waals surface area (Å²) in [5.74, 6) is -0.606. The van der Waals surface area contributed by atoms with Gasteiger partial charge in [0.05, 0.1) is 0 Å². The molecule has 1 aromatic rings. The van der Waals surface area contributed by atoms with E-state index in [0.717, 1.165) is 6.07 Å². The average Bonchev–Trinajstić information content (AvgIpc) is 1.97. The third-order valence-corrected chi connectivity index (χ3v) is 2.40. The molecule has 0 atom stereocenters. The Bertz CT molecular complexity index is 408. The third kappa shape index (κ3) is 1.81. The maximum absolute atomic E-state index is 13.1. The van der Waals surface area contributed by atoms with Crippen LogP contribution >= 0.6 is 15.9 Å². The van der Waals surface area contributed by atoms with E-state index in [0.29, 0.717) is 0 Å². The number of fused-ring (bicyclic) bond motifs is 1. The molecule has 2 rings (SSSR count). The van der Waals surface area contributed by atoms with Crippen molar-refractivity contribution in [2.45, 2.75) is 12.4 Å². The van der Waals surface area contributed by atoms with Gasteiger partial charge in [-0.15, -0.1) is 8.78 Å². The Balaban J connectivity index is 2.60. The molecule has 0 amide bonds. The number of hydrogen-bond donors (Lipinski definition) is 0. The second-order valence-electron chi connectivity index (χ2n) is 2.80. The molecule has 0 aromatic heterocycles. The molecule has 1 aromatic carbocycles. The van der Waals surface area contributed by atoms with Crippen LogP contribution in [0.2, 0.25) is 0 Å². The van der Waals surface area contributed by atoms with Gasteiger partial charge in [0.15, 0.2) is 0 Å². The van der Waals surface area contributed by atoms with E-state index in [2.05, 4.69) is 25.4 Å². The highest BCUT2D eigenvalue weighted by Gasteiger charge is 2.55.